The van der Waals surface area contributed by atoms with E-state index < -0.39 is 0 Å². The van der Waals surface area contributed by atoms with Crippen LogP contribution in [0.1, 0.15) is 22.5 Å². The first kappa shape index (κ1) is 10.7. The molecule has 0 bridgehead atoms. The molecule has 0 aliphatic heterocycles. The van der Waals surface area contributed by atoms with Gasteiger partial charge >= 0.3 is 0 Å². The van der Waals surface area contributed by atoms with Crippen LogP contribution >= 0.6 is 0 Å². The van der Waals surface area contributed by atoms with Crippen molar-refractivity contribution in [2.75, 3.05) is 5.73 Å². The molecular weight excluding hydrogens is 198 g/mol. The molecule has 1 heterocycles. The minimum absolute atomic E-state index is 0.868. The Hall–Kier alpha value is -1.77. The van der Waals surface area contributed by atoms with E-state index in [9.17, 15) is 0 Å². The molecule has 0 saturated heterocycles. The number of nitrogen functional groups attached to an aromatic ring is 1. The average Bonchev–Trinajstić information content (AvgIpc) is 2.59. The average molecular weight is 215 g/mol. The Balaban J connectivity index is 2.08. The van der Waals surface area contributed by atoms with E-state index in [-0.39, 0.29) is 0 Å². The quantitative estimate of drug-likeness (QED) is 0.772. The third kappa shape index (κ3) is 2.08. The minimum Gasteiger partial charge on any atom is -0.399 e. The molecule has 1 aromatic carbocycles. The molecular formula is C13H17N3. The van der Waals surface area contributed by atoms with Crippen molar-refractivity contribution < 1.29 is 0 Å². The molecule has 3 N–H and O–H groups in total. The number of hydrogen-bond acceptors (Lipinski definition) is 2. The highest BCUT2D eigenvalue weighted by atomic mass is 15.1. The zero-order valence-electron chi connectivity index (χ0n) is 9.75. The van der Waals surface area contributed by atoms with Crippen molar-refractivity contribution in [3.05, 3.63) is 46.8 Å². The van der Waals surface area contributed by atoms with E-state index in [4.69, 9.17) is 5.73 Å². The monoisotopic (exact) mass is 215 g/mol. The lowest BCUT2D eigenvalue weighted by Gasteiger charge is -2.04. The summed E-state index contributed by atoms with van der Waals surface area (Å²) in [5.41, 5.74) is 11.5. The van der Waals surface area contributed by atoms with Gasteiger partial charge in [0.05, 0.1) is 5.69 Å². The second-order valence-corrected chi connectivity index (χ2v) is 4.12. The normalized spacial score (nSPS) is 10.6. The van der Waals surface area contributed by atoms with Gasteiger partial charge in [0.1, 0.15) is 0 Å². The number of nitrogens with two attached hydrogens (primary N) is 1. The molecule has 0 spiro atoms. The summed E-state index contributed by atoms with van der Waals surface area (Å²) >= 11 is 0. The van der Waals surface area contributed by atoms with Crippen molar-refractivity contribution in [1.82, 2.24) is 10.2 Å². The maximum atomic E-state index is 5.90. The maximum absolute atomic E-state index is 5.90. The standard InChI is InChI=1S/C13H17N3/c1-9-10(2)15-16-13(9)8-7-11-5-3-4-6-12(11)14/h3-6H,7-8,14H2,1-2H3,(H,15,16). The van der Waals surface area contributed by atoms with Crippen molar-refractivity contribution >= 4 is 5.69 Å². The van der Waals surface area contributed by atoms with Gasteiger partial charge < -0.3 is 5.73 Å². The predicted molar refractivity (Wildman–Crippen MR) is 66.3 cm³/mol. The topological polar surface area (TPSA) is 54.7 Å². The molecule has 0 amide bonds. The first-order valence-corrected chi connectivity index (χ1v) is 5.52. The molecule has 3 heteroatoms. The third-order valence-electron chi connectivity index (χ3n) is 3.04. The van der Waals surface area contributed by atoms with Gasteiger partial charge in [-0.25, -0.2) is 0 Å². The van der Waals surface area contributed by atoms with Crippen molar-refractivity contribution in [3.63, 3.8) is 0 Å². The van der Waals surface area contributed by atoms with Gasteiger partial charge in [0.15, 0.2) is 0 Å². The highest BCUT2D eigenvalue weighted by Gasteiger charge is 2.06. The Labute approximate surface area is 95.7 Å². The summed E-state index contributed by atoms with van der Waals surface area (Å²) in [6.45, 7) is 4.14. The van der Waals surface area contributed by atoms with Gasteiger partial charge in [0.2, 0.25) is 0 Å². The van der Waals surface area contributed by atoms with Gasteiger partial charge in [-0.05, 0) is 43.9 Å². The van der Waals surface area contributed by atoms with Gasteiger partial charge in [0, 0.05) is 11.4 Å². The summed E-state index contributed by atoms with van der Waals surface area (Å²) in [6, 6.07) is 8.00. The summed E-state index contributed by atoms with van der Waals surface area (Å²) < 4.78 is 0. The molecule has 1 aromatic heterocycles. The van der Waals surface area contributed by atoms with E-state index in [1.807, 2.05) is 25.1 Å². The first-order chi connectivity index (χ1) is 7.68. The van der Waals surface area contributed by atoms with Crippen LogP contribution in [0.5, 0.6) is 0 Å². The summed E-state index contributed by atoms with van der Waals surface area (Å²) in [7, 11) is 0. The molecule has 0 fully saturated rings. The van der Waals surface area contributed by atoms with Gasteiger partial charge in [-0.15, -0.1) is 0 Å². The van der Waals surface area contributed by atoms with Crippen molar-refractivity contribution in [2.24, 2.45) is 0 Å². The molecule has 0 aliphatic carbocycles. The van der Waals surface area contributed by atoms with E-state index in [0.717, 1.165) is 29.9 Å². The summed E-state index contributed by atoms with van der Waals surface area (Å²) in [4.78, 5) is 0. The molecule has 0 unspecified atom stereocenters. The second kappa shape index (κ2) is 4.39. The molecule has 3 nitrogen and oxygen atoms in total. The van der Waals surface area contributed by atoms with Crippen LogP contribution in [0.4, 0.5) is 5.69 Å². The fraction of sp³-hybridized carbons (Fsp3) is 0.308. The predicted octanol–water partition coefficient (Wildman–Crippen LogP) is 2.39. The molecule has 0 aliphatic rings. The number of anilines is 1. The van der Waals surface area contributed by atoms with Gasteiger partial charge in [-0.2, -0.15) is 5.10 Å². The lowest BCUT2D eigenvalue weighted by Crippen LogP contribution is -1.98. The van der Waals surface area contributed by atoms with Crippen LogP contribution in [-0.2, 0) is 12.8 Å². The number of aromatic amines is 1. The zero-order valence-corrected chi connectivity index (χ0v) is 9.75. The number of aryl methyl sites for hydroxylation is 3. The lowest BCUT2D eigenvalue weighted by atomic mass is 10.0. The SMILES string of the molecule is Cc1[nH]nc(CCc2ccccc2N)c1C. The van der Waals surface area contributed by atoms with E-state index in [0.29, 0.717) is 0 Å². The Bertz CT molecular complexity index is 486. The van der Waals surface area contributed by atoms with Gasteiger partial charge in [-0.3, -0.25) is 5.10 Å². The minimum atomic E-state index is 0.868. The molecule has 0 atom stereocenters. The summed E-state index contributed by atoms with van der Waals surface area (Å²) in [5.74, 6) is 0. The smallest absolute Gasteiger partial charge is 0.0657 e. The molecule has 0 saturated carbocycles. The first-order valence-electron chi connectivity index (χ1n) is 5.52. The molecule has 84 valence electrons. The van der Waals surface area contributed by atoms with Crippen LogP contribution in [-0.4, -0.2) is 10.2 Å². The highest BCUT2D eigenvalue weighted by Crippen LogP contribution is 2.15. The van der Waals surface area contributed by atoms with Gasteiger partial charge in [-0.1, -0.05) is 18.2 Å². The van der Waals surface area contributed by atoms with Crippen molar-refractivity contribution in [2.45, 2.75) is 26.7 Å². The Morgan fingerprint density at radius 1 is 1.19 bits per heavy atom. The van der Waals surface area contributed by atoms with Crippen molar-refractivity contribution in [3.8, 4) is 0 Å². The number of benzene rings is 1. The molecule has 2 aromatic rings. The number of H-pyrrole nitrogens is 1. The van der Waals surface area contributed by atoms with E-state index in [2.05, 4.69) is 23.2 Å². The second-order valence-electron chi connectivity index (χ2n) is 4.12. The maximum Gasteiger partial charge on any atom is 0.0657 e. The van der Waals surface area contributed by atoms with E-state index in [1.54, 1.807) is 0 Å². The summed E-state index contributed by atoms with van der Waals surface area (Å²) in [5, 5.41) is 7.30. The van der Waals surface area contributed by atoms with Crippen molar-refractivity contribution in [1.29, 1.82) is 0 Å². The number of para-hydroxylation sites is 1. The fourth-order valence-corrected chi connectivity index (χ4v) is 1.79. The number of hydrogen-bond donors (Lipinski definition) is 2. The number of rotatable bonds is 3. The summed E-state index contributed by atoms with van der Waals surface area (Å²) in [6.07, 6.45) is 1.88. The Kier molecular flexibility index (Phi) is 2.95. The van der Waals surface area contributed by atoms with Crippen LogP contribution in [0.15, 0.2) is 24.3 Å². The van der Waals surface area contributed by atoms with Crippen LogP contribution in [0, 0.1) is 13.8 Å². The van der Waals surface area contributed by atoms with Crippen LogP contribution in [0.2, 0.25) is 0 Å². The molecule has 2 rings (SSSR count). The van der Waals surface area contributed by atoms with E-state index >= 15 is 0 Å². The largest absolute Gasteiger partial charge is 0.399 e. The zero-order chi connectivity index (χ0) is 11.5. The van der Waals surface area contributed by atoms with Crippen LogP contribution < -0.4 is 5.73 Å². The number of aromatic nitrogens is 2. The number of nitrogens with zero attached hydrogens (tertiary/aromatic N) is 1. The Morgan fingerprint density at radius 2 is 1.94 bits per heavy atom. The third-order valence-corrected chi connectivity index (χ3v) is 3.04. The van der Waals surface area contributed by atoms with Crippen LogP contribution in [0.3, 0.4) is 0 Å². The van der Waals surface area contributed by atoms with Crippen LogP contribution in [0.25, 0.3) is 0 Å². The fourth-order valence-electron chi connectivity index (χ4n) is 1.79. The lowest BCUT2D eigenvalue weighted by molar-refractivity contribution is 0.886. The van der Waals surface area contributed by atoms with Gasteiger partial charge in [0.25, 0.3) is 0 Å². The molecule has 16 heavy (non-hydrogen) atoms. The Morgan fingerprint density at radius 3 is 2.56 bits per heavy atom. The number of nitrogens with one attached hydrogen (secondary N) is 1. The molecule has 0 radical (unpaired) electrons. The van der Waals surface area contributed by atoms with E-state index in [1.165, 1.54) is 11.1 Å². The highest BCUT2D eigenvalue weighted by molar-refractivity contribution is 5.46.